The van der Waals surface area contributed by atoms with Gasteiger partial charge in [0.2, 0.25) is 5.91 Å². The lowest BCUT2D eigenvalue weighted by Crippen LogP contribution is -2.40. The van der Waals surface area contributed by atoms with Crippen LogP contribution in [0.25, 0.3) is 0 Å². The van der Waals surface area contributed by atoms with E-state index in [2.05, 4.69) is 10.2 Å². The van der Waals surface area contributed by atoms with Gasteiger partial charge in [0, 0.05) is 12.5 Å². The molecule has 144 valence electrons. The summed E-state index contributed by atoms with van der Waals surface area (Å²) >= 11 is 0. The standard InChI is InChI=1S/C21H25FN2O3/c1-27-20-8-3-2-7-18(20)23-21(26)15-9-11-24(12-10-15)14-19(25)16-5-4-6-17(22)13-16/h2-8,13,15,19,25H,9-12,14H2,1H3,(H,23,26). The van der Waals surface area contributed by atoms with Crippen molar-refractivity contribution in [3.05, 3.63) is 59.9 Å². The van der Waals surface area contributed by atoms with Crippen molar-refractivity contribution in [2.75, 3.05) is 32.1 Å². The molecule has 1 heterocycles. The minimum Gasteiger partial charge on any atom is -0.495 e. The number of aliphatic hydroxyl groups excluding tert-OH is 1. The van der Waals surface area contributed by atoms with Gasteiger partial charge in [-0.05, 0) is 55.8 Å². The first-order chi connectivity index (χ1) is 13.1. The first-order valence-electron chi connectivity index (χ1n) is 9.16. The molecular weight excluding hydrogens is 347 g/mol. The number of likely N-dealkylation sites (tertiary alicyclic amines) is 1. The summed E-state index contributed by atoms with van der Waals surface area (Å²) in [5.41, 5.74) is 1.25. The van der Waals surface area contributed by atoms with Crippen LogP contribution < -0.4 is 10.1 Å². The number of anilines is 1. The lowest BCUT2D eigenvalue weighted by atomic mass is 9.95. The van der Waals surface area contributed by atoms with E-state index in [1.807, 2.05) is 24.3 Å². The molecule has 1 unspecified atom stereocenters. The van der Waals surface area contributed by atoms with E-state index >= 15 is 0 Å². The van der Waals surface area contributed by atoms with Gasteiger partial charge in [-0.25, -0.2) is 4.39 Å². The summed E-state index contributed by atoms with van der Waals surface area (Å²) in [6, 6.07) is 13.4. The number of aliphatic hydroxyl groups is 1. The molecule has 1 saturated heterocycles. The smallest absolute Gasteiger partial charge is 0.227 e. The van der Waals surface area contributed by atoms with Gasteiger partial charge in [0.1, 0.15) is 11.6 Å². The maximum Gasteiger partial charge on any atom is 0.227 e. The van der Waals surface area contributed by atoms with Crippen LogP contribution in [0.3, 0.4) is 0 Å². The summed E-state index contributed by atoms with van der Waals surface area (Å²) in [4.78, 5) is 14.7. The summed E-state index contributed by atoms with van der Waals surface area (Å²) in [5.74, 6) is 0.210. The molecular formula is C21H25FN2O3. The van der Waals surface area contributed by atoms with Gasteiger partial charge in [0.05, 0.1) is 18.9 Å². The monoisotopic (exact) mass is 372 g/mol. The quantitative estimate of drug-likeness (QED) is 0.817. The average Bonchev–Trinajstić information content (AvgIpc) is 2.69. The van der Waals surface area contributed by atoms with Gasteiger partial charge in [0.15, 0.2) is 0 Å². The fourth-order valence-electron chi connectivity index (χ4n) is 3.42. The van der Waals surface area contributed by atoms with Crippen LogP contribution in [0, 0.1) is 11.7 Å². The highest BCUT2D eigenvalue weighted by Gasteiger charge is 2.26. The Kier molecular flexibility index (Phi) is 6.42. The van der Waals surface area contributed by atoms with Crippen LogP contribution in [0.15, 0.2) is 48.5 Å². The van der Waals surface area contributed by atoms with Crippen molar-refractivity contribution in [1.82, 2.24) is 4.90 Å². The molecule has 1 aliphatic rings. The summed E-state index contributed by atoms with van der Waals surface area (Å²) in [5, 5.41) is 13.3. The third-order valence-corrected chi connectivity index (χ3v) is 4.99. The van der Waals surface area contributed by atoms with Gasteiger partial charge < -0.3 is 20.1 Å². The normalized spacial score (nSPS) is 16.7. The number of benzene rings is 2. The SMILES string of the molecule is COc1ccccc1NC(=O)C1CCN(CC(O)c2cccc(F)c2)CC1. The van der Waals surface area contributed by atoms with E-state index in [4.69, 9.17) is 4.74 Å². The summed E-state index contributed by atoms with van der Waals surface area (Å²) in [6.07, 6.45) is 0.702. The van der Waals surface area contributed by atoms with Crippen molar-refractivity contribution in [1.29, 1.82) is 0 Å². The predicted molar refractivity (Wildman–Crippen MR) is 102 cm³/mol. The Hall–Kier alpha value is -2.44. The largest absolute Gasteiger partial charge is 0.495 e. The van der Waals surface area contributed by atoms with Crippen LogP contribution in [0.5, 0.6) is 5.75 Å². The molecule has 0 bridgehead atoms. The third kappa shape index (κ3) is 5.05. The van der Waals surface area contributed by atoms with E-state index < -0.39 is 6.10 Å². The second-order valence-corrected chi connectivity index (χ2v) is 6.84. The van der Waals surface area contributed by atoms with Crippen molar-refractivity contribution >= 4 is 11.6 Å². The Morgan fingerprint density at radius 1 is 1.26 bits per heavy atom. The zero-order valence-corrected chi connectivity index (χ0v) is 15.4. The van der Waals surface area contributed by atoms with Crippen LogP contribution in [0.1, 0.15) is 24.5 Å². The molecule has 0 spiro atoms. The highest BCUT2D eigenvalue weighted by atomic mass is 19.1. The second-order valence-electron chi connectivity index (χ2n) is 6.84. The predicted octanol–water partition coefficient (Wildman–Crippen LogP) is 3.22. The Bertz CT molecular complexity index is 776. The highest BCUT2D eigenvalue weighted by molar-refractivity contribution is 5.94. The molecule has 1 amide bonds. The molecule has 2 aromatic carbocycles. The zero-order chi connectivity index (χ0) is 19.2. The van der Waals surface area contributed by atoms with E-state index in [0.29, 0.717) is 23.5 Å². The van der Waals surface area contributed by atoms with Crippen LogP contribution in [-0.2, 0) is 4.79 Å². The highest BCUT2D eigenvalue weighted by Crippen LogP contribution is 2.26. The Morgan fingerprint density at radius 2 is 2.00 bits per heavy atom. The lowest BCUT2D eigenvalue weighted by Gasteiger charge is -2.32. The van der Waals surface area contributed by atoms with Gasteiger partial charge in [-0.2, -0.15) is 0 Å². The van der Waals surface area contributed by atoms with Gasteiger partial charge in [-0.1, -0.05) is 24.3 Å². The minimum atomic E-state index is -0.736. The molecule has 0 aliphatic carbocycles. The summed E-state index contributed by atoms with van der Waals surface area (Å²) in [7, 11) is 1.58. The number of ether oxygens (including phenoxy) is 1. The number of hydrogen-bond donors (Lipinski definition) is 2. The number of amides is 1. The van der Waals surface area contributed by atoms with Crippen molar-refractivity contribution in [3.63, 3.8) is 0 Å². The number of carbonyl (C=O) groups is 1. The van der Waals surface area contributed by atoms with Crippen LogP contribution >= 0.6 is 0 Å². The number of β-amino-alcohol motifs (C(OH)–C–C–N with tert-alkyl or cyclic N) is 1. The number of halogens is 1. The first-order valence-corrected chi connectivity index (χ1v) is 9.16. The lowest BCUT2D eigenvalue weighted by molar-refractivity contribution is -0.121. The van der Waals surface area contributed by atoms with Crippen molar-refractivity contribution in [3.8, 4) is 5.75 Å². The van der Waals surface area contributed by atoms with E-state index in [9.17, 15) is 14.3 Å². The van der Waals surface area contributed by atoms with E-state index in [-0.39, 0.29) is 17.6 Å². The van der Waals surface area contributed by atoms with E-state index in [1.165, 1.54) is 12.1 Å². The van der Waals surface area contributed by atoms with Gasteiger partial charge in [-0.3, -0.25) is 4.79 Å². The number of rotatable bonds is 6. The number of nitrogens with one attached hydrogen (secondary N) is 1. The molecule has 0 aromatic heterocycles. The Labute approximate surface area is 158 Å². The minimum absolute atomic E-state index is 0.00942. The van der Waals surface area contributed by atoms with Crippen LogP contribution in [0.4, 0.5) is 10.1 Å². The number of nitrogens with zero attached hydrogens (tertiary/aromatic N) is 1. The van der Waals surface area contributed by atoms with Crippen LogP contribution in [-0.4, -0.2) is 42.7 Å². The van der Waals surface area contributed by atoms with Crippen LogP contribution in [0.2, 0.25) is 0 Å². The van der Waals surface area contributed by atoms with Crippen molar-refractivity contribution in [2.45, 2.75) is 18.9 Å². The van der Waals surface area contributed by atoms with E-state index in [0.717, 1.165) is 25.9 Å². The van der Waals surface area contributed by atoms with Gasteiger partial charge >= 0.3 is 0 Å². The number of para-hydroxylation sites is 2. The van der Waals surface area contributed by atoms with Gasteiger partial charge in [0.25, 0.3) is 0 Å². The average molecular weight is 372 g/mol. The third-order valence-electron chi connectivity index (χ3n) is 4.99. The molecule has 5 nitrogen and oxygen atoms in total. The number of methoxy groups -OCH3 is 1. The Balaban J connectivity index is 1.50. The van der Waals surface area contributed by atoms with Gasteiger partial charge in [-0.15, -0.1) is 0 Å². The number of carbonyl (C=O) groups excluding carboxylic acids is 1. The van der Waals surface area contributed by atoms with E-state index in [1.54, 1.807) is 19.2 Å². The number of piperidine rings is 1. The topological polar surface area (TPSA) is 61.8 Å². The fraction of sp³-hybridized carbons (Fsp3) is 0.381. The zero-order valence-electron chi connectivity index (χ0n) is 15.4. The molecule has 1 atom stereocenters. The molecule has 0 saturated carbocycles. The molecule has 2 N–H and O–H groups in total. The fourth-order valence-corrected chi connectivity index (χ4v) is 3.42. The maximum atomic E-state index is 13.3. The molecule has 1 fully saturated rings. The van der Waals surface area contributed by atoms with Crippen molar-refractivity contribution < 1.29 is 19.0 Å². The molecule has 6 heteroatoms. The maximum absolute atomic E-state index is 13.3. The molecule has 1 aliphatic heterocycles. The summed E-state index contributed by atoms with van der Waals surface area (Å²) < 4.78 is 18.6. The molecule has 0 radical (unpaired) electrons. The second kappa shape index (κ2) is 8.97. The number of hydrogen-bond acceptors (Lipinski definition) is 4. The van der Waals surface area contributed by atoms with Crippen molar-refractivity contribution in [2.24, 2.45) is 5.92 Å². The molecule has 27 heavy (non-hydrogen) atoms. The molecule has 2 aromatic rings. The first kappa shape index (κ1) is 19.3. The summed E-state index contributed by atoms with van der Waals surface area (Å²) in [6.45, 7) is 1.87. The molecule has 3 rings (SSSR count). The Morgan fingerprint density at radius 3 is 2.70 bits per heavy atom.